The highest BCUT2D eigenvalue weighted by molar-refractivity contribution is 5.96. The highest BCUT2D eigenvalue weighted by atomic mass is 16.5. The fraction of sp³-hybridized carbons (Fsp3) is 0.346. The number of piperidine rings is 1. The van der Waals surface area contributed by atoms with Crippen molar-refractivity contribution in [3.63, 3.8) is 0 Å². The van der Waals surface area contributed by atoms with Crippen LogP contribution in [-0.2, 0) is 11.3 Å². The molecule has 0 aromatic heterocycles. The second-order valence-corrected chi connectivity index (χ2v) is 8.87. The van der Waals surface area contributed by atoms with Crippen LogP contribution in [0.5, 0.6) is 11.5 Å². The third-order valence-electron chi connectivity index (χ3n) is 7.12. The third-order valence-corrected chi connectivity index (χ3v) is 7.12. The number of amides is 1. The predicted molar refractivity (Wildman–Crippen MR) is 122 cm³/mol. The van der Waals surface area contributed by atoms with E-state index in [1.165, 1.54) is 0 Å². The van der Waals surface area contributed by atoms with Crippen LogP contribution in [0, 0.1) is 11.3 Å². The summed E-state index contributed by atoms with van der Waals surface area (Å²) < 4.78 is 5.35. The van der Waals surface area contributed by atoms with E-state index in [1.54, 1.807) is 13.2 Å². The first kappa shape index (κ1) is 19.9. The number of nitrogens with one attached hydrogen (secondary N) is 1. The van der Waals surface area contributed by atoms with E-state index < -0.39 is 0 Å². The Bertz CT molecular complexity index is 1120. The van der Waals surface area contributed by atoms with Gasteiger partial charge in [-0.05, 0) is 66.7 Å². The van der Waals surface area contributed by atoms with E-state index in [2.05, 4.69) is 22.3 Å². The summed E-state index contributed by atoms with van der Waals surface area (Å²) in [6.45, 7) is 2.63. The van der Waals surface area contributed by atoms with E-state index in [-0.39, 0.29) is 17.2 Å². The lowest BCUT2D eigenvalue weighted by Gasteiger charge is -2.33. The molecule has 0 bridgehead atoms. The van der Waals surface area contributed by atoms with E-state index >= 15 is 0 Å². The van der Waals surface area contributed by atoms with E-state index in [0.717, 1.165) is 60.9 Å². The van der Waals surface area contributed by atoms with Crippen molar-refractivity contribution in [3.8, 4) is 11.5 Å². The number of fused-ring (bicyclic) bond motifs is 1. The van der Waals surface area contributed by atoms with Crippen LogP contribution in [0.15, 0.2) is 60.7 Å². The second kappa shape index (κ2) is 7.89. The van der Waals surface area contributed by atoms with Crippen molar-refractivity contribution in [2.75, 3.05) is 25.5 Å². The summed E-state index contributed by atoms with van der Waals surface area (Å²) in [5.74, 6) is 1.23. The summed E-state index contributed by atoms with van der Waals surface area (Å²) in [5.41, 5.74) is 1.86. The summed E-state index contributed by atoms with van der Waals surface area (Å²) in [6.07, 6.45) is 2.99. The Hall–Kier alpha value is -3.05. The van der Waals surface area contributed by atoms with Crippen LogP contribution in [0.4, 0.5) is 5.69 Å². The number of ether oxygens (including phenoxy) is 1. The quantitative estimate of drug-likeness (QED) is 0.628. The molecule has 1 saturated carbocycles. The molecule has 5 nitrogen and oxygen atoms in total. The van der Waals surface area contributed by atoms with Gasteiger partial charge in [-0.1, -0.05) is 42.5 Å². The summed E-state index contributed by atoms with van der Waals surface area (Å²) in [6, 6.07) is 19.5. The Balaban J connectivity index is 1.22. The molecular formula is C26H28N2O3. The third kappa shape index (κ3) is 3.74. The Kier molecular flexibility index (Phi) is 5.06. The van der Waals surface area contributed by atoms with Gasteiger partial charge in [0.05, 0.1) is 12.8 Å². The number of rotatable bonds is 5. The number of aromatic hydroxyl groups is 1. The van der Waals surface area contributed by atoms with Crippen molar-refractivity contribution in [1.82, 2.24) is 4.90 Å². The highest BCUT2D eigenvalue weighted by Crippen LogP contribution is 2.60. The van der Waals surface area contributed by atoms with E-state index in [4.69, 9.17) is 4.74 Å². The molecule has 1 saturated heterocycles. The molecule has 3 aromatic rings. The normalized spacial score (nSPS) is 20.0. The van der Waals surface area contributed by atoms with Crippen molar-refractivity contribution < 1.29 is 14.6 Å². The number of methoxy groups -OCH3 is 1. The number of phenols is 1. The maximum atomic E-state index is 12.9. The zero-order valence-corrected chi connectivity index (χ0v) is 17.8. The molecule has 1 amide bonds. The van der Waals surface area contributed by atoms with Crippen molar-refractivity contribution in [3.05, 3.63) is 66.2 Å². The fourth-order valence-electron chi connectivity index (χ4n) is 5.11. The van der Waals surface area contributed by atoms with E-state index in [9.17, 15) is 9.90 Å². The van der Waals surface area contributed by atoms with Gasteiger partial charge in [-0.25, -0.2) is 0 Å². The Morgan fingerprint density at radius 1 is 1.10 bits per heavy atom. The smallest absolute Gasteiger partial charge is 0.228 e. The summed E-state index contributed by atoms with van der Waals surface area (Å²) in [4.78, 5) is 15.3. The lowest BCUT2D eigenvalue weighted by atomic mass is 9.90. The van der Waals surface area contributed by atoms with Crippen LogP contribution in [0.2, 0.25) is 0 Å². The Morgan fingerprint density at radius 3 is 2.65 bits per heavy atom. The molecule has 1 unspecified atom stereocenters. The molecule has 5 rings (SSSR count). The fourth-order valence-corrected chi connectivity index (χ4v) is 5.11. The molecule has 2 N–H and O–H groups in total. The maximum Gasteiger partial charge on any atom is 0.228 e. The van der Waals surface area contributed by atoms with Gasteiger partial charge in [0, 0.05) is 18.0 Å². The average molecular weight is 417 g/mol. The van der Waals surface area contributed by atoms with Gasteiger partial charge in [0.15, 0.2) is 0 Å². The standard InChI is InChI=1S/C26H28N2O3/c1-31-24-9-5-4-8-22(24)27-25(30)21-16-26(21)12-14-28(15-13-26)17-20-19-7-3-2-6-18(19)10-11-23(20)29/h2-11,21,29H,12-17H2,1H3,(H,27,30). The van der Waals surface area contributed by atoms with Crippen LogP contribution in [-0.4, -0.2) is 36.1 Å². The molecule has 1 aliphatic carbocycles. The first-order chi connectivity index (χ1) is 15.1. The number of hydrogen-bond acceptors (Lipinski definition) is 4. The van der Waals surface area contributed by atoms with Crippen molar-refractivity contribution >= 4 is 22.4 Å². The van der Waals surface area contributed by atoms with E-state index in [0.29, 0.717) is 11.5 Å². The van der Waals surface area contributed by atoms with Gasteiger partial charge in [-0.3, -0.25) is 9.69 Å². The van der Waals surface area contributed by atoms with Gasteiger partial charge in [-0.15, -0.1) is 0 Å². The van der Waals surface area contributed by atoms with Crippen LogP contribution in [0.25, 0.3) is 10.8 Å². The number of carbonyl (C=O) groups excluding carboxylic acids is 1. The lowest BCUT2D eigenvalue weighted by molar-refractivity contribution is -0.118. The summed E-state index contributed by atoms with van der Waals surface area (Å²) in [5, 5.41) is 15.8. The van der Waals surface area contributed by atoms with Gasteiger partial charge in [0.25, 0.3) is 0 Å². The minimum absolute atomic E-state index is 0.0746. The molecule has 2 fully saturated rings. The summed E-state index contributed by atoms with van der Waals surface area (Å²) in [7, 11) is 1.62. The number of benzene rings is 3. The molecular weight excluding hydrogens is 388 g/mol. The minimum Gasteiger partial charge on any atom is -0.508 e. The molecule has 2 aliphatic rings. The van der Waals surface area contributed by atoms with Crippen LogP contribution in [0.1, 0.15) is 24.8 Å². The number of nitrogens with zero attached hydrogens (tertiary/aromatic N) is 1. The SMILES string of the molecule is COc1ccccc1NC(=O)C1CC12CCN(Cc1c(O)ccc3ccccc13)CC2. The number of likely N-dealkylation sites (tertiary alicyclic amines) is 1. The number of hydrogen-bond donors (Lipinski definition) is 2. The number of carbonyl (C=O) groups is 1. The topological polar surface area (TPSA) is 61.8 Å². The zero-order valence-electron chi connectivity index (χ0n) is 17.8. The molecule has 3 aromatic carbocycles. The average Bonchev–Trinajstić information content (AvgIpc) is 3.51. The first-order valence-electron chi connectivity index (χ1n) is 11.0. The molecule has 0 radical (unpaired) electrons. The van der Waals surface area contributed by atoms with Crippen molar-refractivity contribution in [2.24, 2.45) is 11.3 Å². The number of para-hydroxylation sites is 2. The number of phenolic OH excluding ortho intramolecular Hbond substituents is 1. The predicted octanol–water partition coefficient (Wildman–Crippen LogP) is 4.79. The molecule has 1 spiro atoms. The molecule has 1 heterocycles. The van der Waals surface area contributed by atoms with Gasteiger partial charge < -0.3 is 15.2 Å². The summed E-state index contributed by atoms with van der Waals surface area (Å²) >= 11 is 0. The molecule has 160 valence electrons. The minimum atomic E-state index is 0.0746. The van der Waals surface area contributed by atoms with Gasteiger partial charge in [0.2, 0.25) is 5.91 Å². The zero-order chi connectivity index (χ0) is 21.4. The van der Waals surface area contributed by atoms with Crippen molar-refractivity contribution in [1.29, 1.82) is 0 Å². The molecule has 1 aliphatic heterocycles. The van der Waals surface area contributed by atoms with E-state index in [1.807, 2.05) is 42.5 Å². The largest absolute Gasteiger partial charge is 0.508 e. The molecule has 1 atom stereocenters. The van der Waals surface area contributed by atoms with Gasteiger partial charge >= 0.3 is 0 Å². The maximum absolute atomic E-state index is 12.9. The van der Waals surface area contributed by atoms with Gasteiger partial charge in [0.1, 0.15) is 11.5 Å². The lowest BCUT2D eigenvalue weighted by Crippen LogP contribution is -2.35. The van der Waals surface area contributed by atoms with Gasteiger partial charge in [-0.2, -0.15) is 0 Å². The van der Waals surface area contributed by atoms with Crippen LogP contribution < -0.4 is 10.1 Å². The molecule has 5 heteroatoms. The van der Waals surface area contributed by atoms with Crippen LogP contribution >= 0.6 is 0 Å². The Morgan fingerprint density at radius 2 is 1.84 bits per heavy atom. The van der Waals surface area contributed by atoms with Crippen molar-refractivity contribution in [2.45, 2.75) is 25.8 Å². The van der Waals surface area contributed by atoms with Crippen LogP contribution in [0.3, 0.4) is 0 Å². The monoisotopic (exact) mass is 416 g/mol. The second-order valence-electron chi connectivity index (χ2n) is 8.87. The first-order valence-corrected chi connectivity index (χ1v) is 11.0. The highest BCUT2D eigenvalue weighted by Gasteiger charge is 2.58. The number of anilines is 1. The molecule has 31 heavy (non-hydrogen) atoms. The Labute approximate surface area is 182 Å².